The van der Waals surface area contributed by atoms with Gasteiger partial charge in [-0.15, -0.1) is 0 Å². The summed E-state index contributed by atoms with van der Waals surface area (Å²) in [6.07, 6.45) is 7.04. The molecule has 0 amide bonds. The molecule has 18 heavy (non-hydrogen) atoms. The van der Waals surface area contributed by atoms with Gasteiger partial charge in [0.2, 0.25) is 0 Å². The minimum Gasteiger partial charge on any atom is -0.376 e. The summed E-state index contributed by atoms with van der Waals surface area (Å²) in [6, 6.07) is 0. The van der Waals surface area contributed by atoms with Gasteiger partial charge in [-0.25, -0.2) is 0 Å². The SMILES string of the molecule is C1CNC2(CCCC2)CN(CC2COCCO2)C1. The van der Waals surface area contributed by atoms with E-state index in [1.165, 1.54) is 51.7 Å². The van der Waals surface area contributed by atoms with Crippen LogP contribution in [0.15, 0.2) is 0 Å². The highest BCUT2D eigenvalue weighted by molar-refractivity contribution is 4.97. The highest BCUT2D eigenvalue weighted by Crippen LogP contribution is 2.31. The predicted octanol–water partition coefficient (Wildman–Crippen LogP) is 1.01. The lowest BCUT2D eigenvalue weighted by atomic mass is 9.97. The van der Waals surface area contributed by atoms with E-state index in [0.29, 0.717) is 5.54 Å². The molecule has 4 nitrogen and oxygen atoms in total. The molecular formula is C14H26N2O2. The van der Waals surface area contributed by atoms with E-state index in [1.54, 1.807) is 0 Å². The first-order valence-electron chi connectivity index (χ1n) is 7.53. The molecule has 3 fully saturated rings. The Balaban J connectivity index is 1.56. The second kappa shape index (κ2) is 5.87. The molecule has 0 aromatic heterocycles. The molecule has 3 rings (SSSR count). The lowest BCUT2D eigenvalue weighted by Gasteiger charge is -2.35. The van der Waals surface area contributed by atoms with E-state index in [1.807, 2.05) is 0 Å². The maximum atomic E-state index is 5.79. The molecule has 3 aliphatic rings. The smallest absolute Gasteiger partial charge is 0.0936 e. The molecule has 1 N–H and O–H groups in total. The predicted molar refractivity (Wildman–Crippen MR) is 70.8 cm³/mol. The maximum absolute atomic E-state index is 5.79. The highest BCUT2D eigenvalue weighted by Gasteiger charge is 2.36. The second-order valence-electron chi connectivity index (χ2n) is 6.07. The molecular weight excluding hydrogens is 228 g/mol. The maximum Gasteiger partial charge on any atom is 0.0936 e. The van der Waals surface area contributed by atoms with Crippen LogP contribution in [0.4, 0.5) is 0 Å². The number of nitrogens with zero attached hydrogens (tertiary/aromatic N) is 1. The van der Waals surface area contributed by atoms with Crippen molar-refractivity contribution in [2.24, 2.45) is 0 Å². The van der Waals surface area contributed by atoms with Crippen LogP contribution < -0.4 is 5.32 Å². The molecule has 1 saturated carbocycles. The van der Waals surface area contributed by atoms with Gasteiger partial charge in [-0.05, 0) is 32.4 Å². The van der Waals surface area contributed by atoms with Gasteiger partial charge in [0.05, 0.1) is 25.9 Å². The standard InChI is InChI=1S/C14H26N2O2/c1-2-5-14(4-1)12-16(7-3-6-15-14)10-13-11-17-8-9-18-13/h13,15H,1-12H2. The third-order valence-electron chi connectivity index (χ3n) is 4.58. The van der Waals surface area contributed by atoms with Crippen LogP contribution in [0.1, 0.15) is 32.1 Å². The van der Waals surface area contributed by atoms with Crippen LogP contribution in [0.5, 0.6) is 0 Å². The van der Waals surface area contributed by atoms with Gasteiger partial charge in [0.15, 0.2) is 0 Å². The van der Waals surface area contributed by atoms with Gasteiger partial charge in [0, 0.05) is 18.6 Å². The fourth-order valence-corrected chi connectivity index (χ4v) is 3.69. The first-order valence-corrected chi connectivity index (χ1v) is 7.53. The van der Waals surface area contributed by atoms with E-state index >= 15 is 0 Å². The van der Waals surface area contributed by atoms with Crippen molar-refractivity contribution in [1.82, 2.24) is 10.2 Å². The average molecular weight is 254 g/mol. The van der Waals surface area contributed by atoms with Gasteiger partial charge in [-0.3, -0.25) is 4.90 Å². The molecule has 0 bridgehead atoms. The minimum absolute atomic E-state index is 0.287. The van der Waals surface area contributed by atoms with Crippen molar-refractivity contribution in [2.75, 3.05) is 46.0 Å². The average Bonchev–Trinajstić information content (AvgIpc) is 2.75. The number of nitrogens with one attached hydrogen (secondary N) is 1. The first kappa shape index (κ1) is 12.9. The molecule has 2 heterocycles. The molecule has 1 atom stereocenters. The van der Waals surface area contributed by atoms with Crippen molar-refractivity contribution >= 4 is 0 Å². The Morgan fingerprint density at radius 2 is 2.06 bits per heavy atom. The van der Waals surface area contributed by atoms with Gasteiger partial charge in [0.1, 0.15) is 0 Å². The van der Waals surface area contributed by atoms with Gasteiger partial charge >= 0.3 is 0 Å². The van der Waals surface area contributed by atoms with Crippen LogP contribution in [0, 0.1) is 0 Å². The molecule has 104 valence electrons. The quantitative estimate of drug-likeness (QED) is 0.797. The zero-order valence-corrected chi connectivity index (χ0v) is 11.3. The monoisotopic (exact) mass is 254 g/mol. The van der Waals surface area contributed by atoms with Crippen LogP contribution in [-0.4, -0.2) is 62.5 Å². The topological polar surface area (TPSA) is 33.7 Å². The summed E-state index contributed by atoms with van der Waals surface area (Å²) < 4.78 is 11.3. The summed E-state index contributed by atoms with van der Waals surface area (Å²) in [5.41, 5.74) is 0.409. The van der Waals surface area contributed by atoms with E-state index in [0.717, 1.165) is 26.4 Å². The zero-order valence-electron chi connectivity index (χ0n) is 11.3. The van der Waals surface area contributed by atoms with Crippen LogP contribution in [0.3, 0.4) is 0 Å². The largest absolute Gasteiger partial charge is 0.376 e. The zero-order chi connectivity index (χ0) is 12.3. The molecule has 1 unspecified atom stereocenters. The number of ether oxygens (including phenoxy) is 2. The van der Waals surface area contributed by atoms with E-state index in [9.17, 15) is 0 Å². The van der Waals surface area contributed by atoms with Gasteiger partial charge < -0.3 is 14.8 Å². The lowest BCUT2D eigenvalue weighted by Crippen LogP contribution is -2.51. The Bertz CT molecular complexity index is 261. The second-order valence-corrected chi connectivity index (χ2v) is 6.07. The molecule has 1 spiro atoms. The third-order valence-corrected chi connectivity index (χ3v) is 4.58. The summed E-state index contributed by atoms with van der Waals surface area (Å²) in [6.45, 7) is 6.93. The lowest BCUT2D eigenvalue weighted by molar-refractivity contribution is -0.0983. The normalized spacial score (nSPS) is 33.7. The van der Waals surface area contributed by atoms with Crippen molar-refractivity contribution in [3.63, 3.8) is 0 Å². The summed E-state index contributed by atoms with van der Waals surface area (Å²) in [5, 5.41) is 3.81. The Morgan fingerprint density at radius 3 is 2.83 bits per heavy atom. The fraction of sp³-hybridized carbons (Fsp3) is 1.00. The minimum atomic E-state index is 0.287. The van der Waals surface area contributed by atoms with Crippen molar-refractivity contribution in [2.45, 2.75) is 43.7 Å². The van der Waals surface area contributed by atoms with Crippen LogP contribution in [0.25, 0.3) is 0 Å². The van der Waals surface area contributed by atoms with Gasteiger partial charge in [-0.1, -0.05) is 12.8 Å². The van der Waals surface area contributed by atoms with E-state index in [4.69, 9.17) is 9.47 Å². The molecule has 2 saturated heterocycles. The molecule has 0 radical (unpaired) electrons. The van der Waals surface area contributed by atoms with Crippen LogP contribution >= 0.6 is 0 Å². The van der Waals surface area contributed by atoms with Crippen molar-refractivity contribution in [3.05, 3.63) is 0 Å². The van der Waals surface area contributed by atoms with Crippen molar-refractivity contribution in [3.8, 4) is 0 Å². The molecule has 0 aromatic carbocycles. The Morgan fingerprint density at radius 1 is 1.17 bits per heavy atom. The molecule has 0 aromatic rings. The summed E-state index contributed by atoms with van der Waals surface area (Å²) >= 11 is 0. The van der Waals surface area contributed by atoms with E-state index in [-0.39, 0.29) is 6.10 Å². The molecule has 4 heteroatoms. The van der Waals surface area contributed by atoms with Crippen molar-refractivity contribution in [1.29, 1.82) is 0 Å². The summed E-state index contributed by atoms with van der Waals surface area (Å²) in [7, 11) is 0. The molecule has 1 aliphatic carbocycles. The number of rotatable bonds is 2. The third kappa shape index (κ3) is 3.05. The number of hydrogen-bond acceptors (Lipinski definition) is 4. The van der Waals surface area contributed by atoms with Crippen molar-refractivity contribution < 1.29 is 9.47 Å². The Kier molecular flexibility index (Phi) is 4.19. The van der Waals surface area contributed by atoms with Gasteiger partial charge in [-0.2, -0.15) is 0 Å². The molecule has 2 aliphatic heterocycles. The van der Waals surface area contributed by atoms with Gasteiger partial charge in [0.25, 0.3) is 0 Å². The Labute approximate surface area is 110 Å². The van der Waals surface area contributed by atoms with Crippen LogP contribution in [0.2, 0.25) is 0 Å². The van der Waals surface area contributed by atoms with E-state index < -0.39 is 0 Å². The number of hydrogen-bond donors (Lipinski definition) is 1. The summed E-state index contributed by atoms with van der Waals surface area (Å²) in [5.74, 6) is 0. The summed E-state index contributed by atoms with van der Waals surface area (Å²) in [4.78, 5) is 2.60. The van der Waals surface area contributed by atoms with E-state index in [2.05, 4.69) is 10.2 Å². The van der Waals surface area contributed by atoms with Crippen LogP contribution in [-0.2, 0) is 9.47 Å². The Hall–Kier alpha value is -0.160. The highest BCUT2D eigenvalue weighted by atomic mass is 16.6. The fourth-order valence-electron chi connectivity index (χ4n) is 3.69. The first-order chi connectivity index (χ1) is 8.86.